The van der Waals surface area contributed by atoms with Gasteiger partial charge >= 0.3 is 0 Å². The number of hydrogen-bond acceptors (Lipinski definition) is 4. The van der Waals surface area contributed by atoms with E-state index in [4.69, 9.17) is 0 Å². The van der Waals surface area contributed by atoms with Gasteiger partial charge in [0, 0.05) is 11.3 Å². The van der Waals surface area contributed by atoms with Crippen molar-refractivity contribution in [3.63, 3.8) is 0 Å². The average molecular weight is 373 g/mol. The second-order valence-corrected chi connectivity index (χ2v) is 9.47. The maximum Gasteiger partial charge on any atom is 0.224 e. The molecule has 0 bridgehead atoms. The molecular weight excluding hydrogens is 350 g/mol. The lowest BCUT2D eigenvalue weighted by Gasteiger charge is -2.25. The third kappa shape index (κ3) is 3.53. The molecule has 0 radical (unpaired) electrons. The van der Waals surface area contributed by atoms with E-state index in [-0.39, 0.29) is 23.5 Å². The number of sulfone groups is 1. The molecule has 4 rings (SSSR count). The van der Waals surface area contributed by atoms with E-state index in [0.717, 1.165) is 31.4 Å². The zero-order valence-corrected chi connectivity index (χ0v) is 15.4. The fraction of sp³-hybridized carbons (Fsp3) is 0.474. The van der Waals surface area contributed by atoms with Crippen LogP contribution in [0.5, 0.6) is 0 Å². The lowest BCUT2D eigenvalue weighted by molar-refractivity contribution is -0.125. The van der Waals surface area contributed by atoms with Gasteiger partial charge in [0.25, 0.3) is 0 Å². The van der Waals surface area contributed by atoms with Crippen LogP contribution in [0.15, 0.2) is 36.5 Å². The molecular formula is C19H23N3O3S. The van der Waals surface area contributed by atoms with Crippen LogP contribution in [0.2, 0.25) is 0 Å². The molecule has 1 aromatic heterocycles. The molecule has 2 aliphatic rings. The molecule has 26 heavy (non-hydrogen) atoms. The molecule has 2 atom stereocenters. The van der Waals surface area contributed by atoms with Crippen molar-refractivity contribution in [1.29, 1.82) is 0 Å². The number of carbonyl (C=O) groups is 1. The zero-order valence-electron chi connectivity index (χ0n) is 14.6. The van der Waals surface area contributed by atoms with Crippen LogP contribution in [0, 0.1) is 5.92 Å². The van der Waals surface area contributed by atoms with Crippen LogP contribution in [0.1, 0.15) is 42.1 Å². The van der Waals surface area contributed by atoms with Crippen LogP contribution in [0.3, 0.4) is 0 Å². The summed E-state index contributed by atoms with van der Waals surface area (Å²) in [6, 6.07) is 10.1. The van der Waals surface area contributed by atoms with Crippen LogP contribution in [-0.4, -0.2) is 35.6 Å². The Hall–Kier alpha value is -2.15. The number of rotatable bonds is 4. The Kier molecular flexibility index (Phi) is 4.56. The summed E-state index contributed by atoms with van der Waals surface area (Å²) in [4.78, 5) is 12.5. The molecule has 0 saturated carbocycles. The Morgan fingerprint density at radius 3 is 2.77 bits per heavy atom. The fourth-order valence-corrected chi connectivity index (χ4v) is 5.69. The summed E-state index contributed by atoms with van der Waals surface area (Å²) < 4.78 is 25.3. The van der Waals surface area contributed by atoms with E-state index in [1.165, 1.54) is 11.3 Å². The van der Waals surface area contributed by atoms with Gasteiger partial charge in [0.2, 0.25) is 5.91 Å². The first-order chi connectivity index (χ1) is 12.5. The molecule has 0 unspecified atom stereocenters. The van der Waals surface area contributed by atoms with E-state index < -0.39 is 15.8 Å². The first-order valence-corrected chi connectivity index (χ1v) is 10.9. The van der Waals surface area contributed by atoms with E-state index >= 15 is 0 Å². The van der Waals surface area contributed by atoms with Crippen molar-refractivity contribution in [3.8, 4) is 0 Å². The molecule has 7 heteroatoms. The van der Waals surface area contributed by atoms with Gasteiger partial charge in [0.1, 0.15) is 0 Å². The van der Waals surface area contributed by atoms with E-state index in [9.17, 15) is 13.2 Å². The molecule has 6 nitrogen and oxygen atoms in total. The number of amides is 1. The monoisotopic (exact) mass is 373 g/mol. The summed E-state index contributed by atoms with van der Waals surface area (Å²) in [5, 5.41) is 7.62. The summed E-state index contributed by atoms with van der Waals surface area (Å²) in [5.74, 6) is -0.453. The third-order valence-corrected chi connectivity index (χ3v) is 7.13. The van der Waals surface area contributed by atoms with Crippen LogP contribution >= 0.6 is 0 Å². The minimum absolute atomic E-state index is 0.0221. The standard InChI is InChI=1S/C19H23N3O3S/c23-19(15-9-10-26(24,25)13-15)21-17-7-4-8-18-16(17)11-20-22(18)12-14-5-2-1-3-6-14/h1-3,5-6,11,15,17H,4,7-10,12-13H2,(H,21,23)/t15-,17-/m0/s1. The summed E-state index contributed by atoms with van der Waals surface area (Å²) >= 11 is 0. The maximum atomic E-state index is 12.5. The van der Waals surface area contributed by atoms with Gasteiger partial charge in [-0.15, -0.1) is 0 Å². The smallest absolute Gasteiger partial charge is 0.224 e. The van der Waals surface area contributed by atoms with Gasteiger partial charge in [-0.25, -0.2) is 8.42 Å². The van der Waals surface area contributed by atoms with E-state index in [0.29, 0.717) is 6.42 Å². The quantitative estimate of drug-likeness (QED) is 0.887. The Labute approximate surface area is 153 Å². The average Bonchev–Trinajstić information content (AvgIpc) is 3.20. The van der Waals surface area contributed by atoms with Crippen molar-refractivity contribution in [2.45, 2.75) is 38.3 Å². The number of nitrogens with one attached hydrogen (secondary N) is 1. The number of aromatic nitrogens is 2. The highest BCUT2D eigenvalue weighted by Crippen LogP contribution is 2.31. The van der Waals surface area contributed by atoms with Crippen LogP contribution in [-0.2, 0) is 27.6 Å². The zero-order chi connectivity index (χ0) is 18.1. The highest BCUT2D eigenvalue weighted by molar-refractivity contribution is 7.91. The SMILES string of the molecule is O=C(N[C@H]1CCCc2c1cnn2Cc1ccccc1)[C@H]1CCS(=O)(=O)C1. The molecule has 2 heterocycles. The Morgan fingerprint density at radius 1 is 1.23 bits per heavy atom. The van der Waals surface area contributed by atoms with Crippen molar-refractivity contribution >= 4 is 15.7 Å². The van der Waals surface area contributed by atoms with Crippen LogP contribution in [0.4, 0.5) is 0 Å². The molecule has 1 aromatic carbocycles. The summed E-state index contributed by atoms with van der Waals surface area (Å²) in [7, 11) is -3.05. The normalized spacial score (nSPS) is 24.2. The van der Waals surface area contributed by atoms with Gasteiger partial charge in [-0.2, -0.15) is 5.10 Å². The minimum atomic E-state index is -3.05. The summed E-state index contributed by atoms with van der Waals surface area (Å²) in [6.07, 6.45) is 5.10. The predicted molar refractivity (Wildman–Crippen MR) is 98.4 cm³/mol. The molecule has 1 amide bonds. The van der Waals surface area contributed by atoms with Crippen molar-refractivity contribution in [3.05, 3.63) is 53.3 Å². The van der Waals surface area contributed by atoms with Crippen molar-refractivity contribution in [2.75, 3.05) is 11.5 Å². The van der Waals surface area contributed by atoms with E-state index in [1.54, 1.807) is 0 Å². The Morgan fingerprint density at radius 2 is 2.04 bits per heavy atom. The van der Waals surface area contributed by atoms with Gasteiger partial charge in [-0.3, -0.25) is 9.48 Å². The topological polar surface area (TPSA) is 81.1 Å². The second-order valence-electron chi connectivity index (χ2n) is 7.24. The predicted octanol–water partition coefficient (Wildman–Crippen LogP) is 1.86. The van der Waals surface area contributed by atoms with E-state index in [1.807, 2.05) is 29.1 Å². The van der Waals surface area contributed by atoms with Gasteiger partial charge in [-0.05, 0) is 31.2 Å². The third-order valence-electron chi connectivity index (χ3n) is 5.36. The van der Waals surface area contributed by atoms with Gasteiger partial charge in [-0.1, -0.05) is 30.3 Å². The number of fused-ring (bicyclic) bond motifs is 1. The maximum absolute atomic E-state index is 12.5. The van der Waals surface area contributed by atoms with Gasteiger partial charge in [0.05, 0.1) is 36.2 Å². The molecule has 1 fully saturated rings. The highest BCUT2D eigenvalue weighted by atomic mass is 32.2. The summed E-state index contributed by atoms with van der Waals surface area (Å²) in [6.45, 7) is 0.720. The second kappa shape index (κ2) is 6.87. The lowest BCUT2D eigenvalue weighted by atomic mass is 9.92. The molecule has 1 aliphatic carbocycles. The molecule has 1 saturated heterocycles. The minimum Gasteiger partial charge on any atom is -0.349 e. The molecule has 2 aromatic rings. The Bertz CT molecular complexity index is 905. The van der Waals surface area contributed by atoms with Crippen LogP contribution in [0.25, 0.3) is 0 Å². The number of carbonyl (C=O) groups excluding carboxylic acids is 1. The fourth-order valence-electron chi connectivity index (χ4n) is 3.95. The molecule has 138 valence electrons. The molecule has 0 spiro atoms. The van der Waals surface area contributed by atoms with Gasteiger partial charge < -0.3 is 5.32 Å². The number of benzene rings is 1. The summed E-state index contributed by atoms with van der Waals surface area (Å²) in [5.41, 5.74) is 3.44. The highest BCUT2D eigenvalue weighted by Gasteiger charge is 2.35. The first kappa shape index (κ1) is 17.3. The molecule has 1 N–H and O–H groups in total. The van der Waals surface area contributed by atoms with Crippen molar-refractivity contribution < 1.29 is 13.2 Å². The van der Waals surface area contributed by atoms with Crippen molar-refractivity contribution in [1.82, 2.24) is 15.1 Å². The number of hydrogen-bond donors (Lipinski definition) is 1. The van der Waals surface area contributed by atoms with Gasteiger partial charge in [0.15, 0.2) is 9.84 Å². The van der Waals surface area contributed by atoms with Crippen molar-refractivity contribution in [2.24, 2.45) is 5.92 Å². The Balaban J connectivity index is 1.49. The van der Waals surface area contributed by atoms with Crippen LogP contribution < -0.4 is 5.32 Å². The molecule has 1 aliphatic heterocycles. The first-order valence-electron chi connectivity index (χ1n) is 9.11. The number of nitrogens with zero attached hydrogens (tertiary/aromatic N) is 2. The largest absolute Gasteiger partial charge is 0.349 e. The lowest BCUT2D eigenvalue weighted by Crippen LogP contribution is -2.36. The van der Waals surface area contributed by atoms with E-state index in [2.05, 4.69) is 22.5 Å².